The van der Waals surface area contributed by atoms with Gasteiger partial charge in [-0.15, -0.1) is 0 Å². The van der Waals surface area contributed by atoms with Crippen LogP contribution in [0, 0.1) is 11.7 Å². The Labute approximate surface area is 196 Å². The molecule has 1 heterocycles. The van der Waals surface area contributed by atoms with Crippen molar-refractivity contribution >= 4 is 16.1 Å². The normalized spacial score (nSPS) is 21.9. The van der Waals surface area contributed by atoms with E-state index in [1.165, 1.54) is 16.4 Å². The highest BCUT2D eigenvalue weighted by Crippen LogP contribution is 2.34. The van der Waals surface area contributed by atoms with Gasteiger partial charge in [0.1, 0.15) is 22.6 Å². The summed E-state index contributed by atoms with van der Waals surface area (Å²) < 4.78 is 47.9. The number of benzene rings is 2. The molecular weight excluding hydrogens is 443 g/mol. The SMILES string of the molecule is C/C=C/c1ccc2c(c1)O[C@H](CN(C)Cc1ccc(F)cc1)[C@@H](C)CN([C@@H](C)CO)S2(=O)=O. The molecule has 0 saturated carbocycles. The zero-order valence-electron chi connectivity index (χ0n) is 19.6. The molecule has 6 nitrogen and oxygen atoms in total. The molecule has 0 amide bonds. The molecule has 8 heteroatoms. The fourth-order valence-corrected chi connectivity index (χ4v) is 5.86. The van der Waals surface area contributed by atoms with Crippen molar-refractivity contribution in [2.45, 2.75) is 44.4 Å². The van der Waals surface area contributed by atoms with Crippen LogP contribution in [0.5, 0.6) is 5.75 Å². The standard InChI is InChI=1S/C25H33FN2O4S/c1-5-6-20-9-12-25-23(13-20)32-24(16-27(4)15-21-7-10-22(26)11-8-21)18(2)14-28(19(3)17-29)33(25,30)31/h5-13,18-19,24,29H,14-17H2,1-4H3/b6-5+/t18-,19-,24+/m0/s1. The van der Waals surface area contributed by atoms with Crippen molar-refractivity contribution in [3.05, 3.63) is 65.5 Å². The second kappa shape index (κ2) is 10.8. The number of sulfonamides is 1. The van der Waals surface area contributed by atoms with Gasteiger partial charge in [0.15, 0.2) is 0 Å². The first-order valence-corrected chi connectivity index (χ1v) is 12.6. The van der Waals surface area contributed by atoms with Crippen LogP contribution in [-0.4, -0.2) is 61.6 Å². The molecule has 0 fully saturated rings. The van der Waals surface area contributed by atoms with Crippen LogP contribution in [-0.2, 0) is 16.6 Å². The molecule has 3 atom stereocenters. The fourth-order valence-electron chi connectivity index (χ4n) is 4.03. The quantitative estimate of drug-likeness (QED) is 0.659. The van der Waals surface area contributed by atoms with Gasteiger partial charge in [-0.2, -0.15) is 4.31 Å². The third-order valence-corrected chi connectivity index (χ3v) is 7.93. The summed E-state index contributed by atoms with van der Waals surface area (Å²) in [6, 6.07) is 10.9. The van der Waals surface area contributed by atoms with Crippen LogP contribution < -0.4 is 4.74 Å². The number of ether oxygens (including phenoxy) is 1. The minimum absolute atomic E-state index is 0.106. The van der Waals surface area contributed by atoms with Gasteiger partial charge in [-0.05, 0) is 56.3 Å². The molecule has 1 aliphatic rings. The van der Waals surface area contributed by atoms with E-state index < -0.39 is 16.1 Å². The third kappa shape index (κ3) is 6.00. The second-order valence-corrected chi connectivity index (χ2v) is 10.6. The molecule has 1 N–H and O–H groups in total. The van der Waals surface area contributed by atoms with Gasteiger partial charge in [-0.1, -0.05) is 37.3 Å². The Morgan fingerprint density at radius 1 is 1.27 bits per heavy atom. The number of nitrogens with zero attached hydrogens (tertiary/aromatic N) is 2. The van der Waals surface area contributed by atoms with Crippen molar-refractivity contribution in [3.8, 4) is 5.75 Å². The van der Waals surface area contributed by atoms with E-state index in [0.717, 1.165) is 11.1 Å². The van der Waals surface area contributed by atoms with Crippen LogP contribution in [0.15, 0.2) is 53.4 Å². The highest BCUT2D eigenvalue weighted by atomic mass is 32.2. The Hall–Kier alpha value is -2.26. The van der Waals surface area contributed by atoms with Gasteiger partial charge in [-0.3, -0.25) is 4.90 Å². The number of allylic oxidation sites excluding steroid dienone is 1. The molecule has 0 aliphatic carbocycles. The smallest absolute Gasteiger partial charge is 0.247 e. The number of hydrogen-bond acceptors (Lipinski definition) is 5. The van der Waals surface area contributed by atoms with E-state index in [1.54, 1.807) is 37.3 Å². The summed E-state index contributed by atoms with van der Waals surface area (Å²) in [5.74, 6) is -0.0957. The summed E-state index contributed by atoms with van der Waals surface area (Å²) in [5, 5.41) is 9.74. The van der Waals surface area contributed by atoms with E-state index in [0.29, 0.717) is 18.8 Å². The number of fused-ring (bicyclic) bond motifs is 1. The van der Waals surface area contributed by atoms with Crippen LogP contribution in [0.1, 0.15) is 31.9 Å². The maximum absolute atomic E-state index is 13.5. The molecule has 2 aromatic carbocycles. The minimum atomic E-state index is -3.85. The van der Waals surface area contributed by atoms with Crippen LogP contribution in [0.25, 0.3) is 6.08 Å². The molecule has 0 aromatic heterocycles. The van der Waals surface area contributed by atoms with Crippen molar-refractivity contribution in [2.24, 2.45) is 5.92 Å². The molecule has 3 rings (SSSR count). The first-order chi connectivity index (χ1) is 15.6. The van der Waals surface area contributed by atoms with E-state index in [-0.39, 0.29) is 35.9 Å². The minimum Gasteiger partial charge on any atom is -0.487 e. The first kappa shape index (κ1) is 25.4. The fraction of sp³-hybridized carbons (Fsp3) is 0.440. The van der Waals surface area contributed by atoms with E-state index in [1.807, 2.05) is 33.0 Å². The zero-order chi connectivity index (χ0) is 24.2. The van der Waals surface area contributed by atoms with E-state index in [2.05, 4.69) is 4.90 Å². The number of halogens is 1. The lowest BCUT2D eigenvalue weighted by Crippen LogP contribution is -2.49. The number of hydrogen-bond donors (Lipinski definition) is 1. The number of aliphatic hydroxyl groups is 1. The maximum Gasteiger partial charge on any atom is 0.247 e. The monoisotopic (exact) mass is 476 g/mol. The zero-order valence-corrected chi connectivity index (χ0v) is 20.4. The van der Waals surface area contributed by atoms with Gasteiger partial charge in [0.25, 0.3) is 0 Å². The lowest BCUT2D eigenvalue weighted by atomic mass is 10.0. The van der Waals surface area contributed by atoms with Gasteiger partial charge in [0.2, 0.25) is 10.0 Å². The highest BCUT2D eigenvalue weighted by Gasteiger charge is 2.38. The third-order valence-electron chi connectivity index (χ3n) is 5.91. The summed E-state index contributed by atoms with van der Waals surface area (Å²) in [5.41, 5.74) is 1.83. The van der Waals surface area contributed by atoms with Gasteiger partial charge in [-0.25, -0.2) is 12.8 Å². The Balaban J connectivity index is 1.95. The van der Waals surface area contributed by atoms with Crippen molar-refractivity contribution in [2.75, 3.05) is 26.7 Å². The molecule has 1 aliphatic heterocycles. The number of likely N-dealkylation sites (N-methyl/N-ethyl adjacent to an activating group) is 1. The van der Waals surface area contributed by atoms with Crippen LogP contribution in [0.4, 0.5) is 4.39 Å². The van der Waals surface area contributed by atoms with Gasteiger partial charge in [0, 0.05) is 31.6 Å². The first-order valence-electron chi connectivity index (χ1n) is 11.1. The van der Waals surface area contributed by atoms with Crippen LogP contribution >= 0.6 is 0 Å². The Kier molecular flexibility index (Phi) is 8.28. The molecule has 0 saturated heterocycles. The summed E-state index contributed by atoms with van der Waals surface area (Å²) >= 11 is 0. The molecule has 180 valence electrons. The molecule has 33 heavy (non-hydrogen) atoms. The molecule has 0 spiro atoms. The van der Waals surface area contributed by atoms with Crippen molar-refractivity contribution in [1.82, 2.24) is 9.21 Å². The molecule has 2 aromatic rings. The molecule has 0 unspecified atom stereocenters. The van der Waals surface area contributed by atoms with Crippen molar-refractivity contribution < 1.29 is 22.7 Å². The summed E-state index contributed by atoms with van der Waals surface area (Å²) in [4.78, 5) is 2.19. The maximum atomic E-state index is 13.5. The van der Waals surface area contributed by atoms with E-state index in [4.69, 9.17) is 4.74 Å². The van der Waals surface area contributed by atoms with E-state index in [9.17, 15) is 17.9 Å². The van der Waals surface area contributed by atoms with E-state index >= 15 is 0 Å². The average Bonchev–Trinajstić information content (AvgIpc) is 2.77. The Morgan fingerprint density at radius 3 is 2.61 bits per heavy atom. The van der Waals surface area contributed by atoms with Gasteiger partial charge < -0.3 is 9.84 Å². The lowest BCUT2D eigenvalue weighted by molar-refractivity contribution is 0.0733. The van der Waals surface area contributed by atoms with Crippen molar-refractivity contribution in [1.29, 1.82) is 0 Å². The average molecular weight is 477 g/mol. The lowest BCUT2D eigenvalue weighted by Gasteiger charge is -2.37. The largest absolute Gasteiger partial charge is 0.487 e. The summed E-state index contributed by atoms with van der Waals surface area (Å²) in [7, 11) is -1.89. The molecular formula is C25H33FN2O4S. The Bertz CT molecular complexity index is 1070. The van der Waals surface area contributed by atoms with Crippen molar-refractivity contribution in [3.63, 3.8) is 0 Å². The Morgan fingerprint density at radius 2 is 1.97 bits per heavy atom. The van der Waals surface area contributed by atoms with Crippen LogP contribution in [0.2, 0.25) is 0 Å². The predicted octanol–water partition coefficient (Wildman–Crippen LogP) is 3.76. The van der Waals surface area contributed by atoms with Gasteiger partial charge in [0.05, 0.1) is 6.61 Å². The number of rotatable bonds is 7. The highest BCUT2D eigenvalue weighted by molar-refractivity contribution is 7.89. The molecule has 0 radical (unpaired) electrons. The van der Waals surface area contributed by atoms with Gasteiger partial charge >= 0.3 is 0 Å². The predicted molar refractivity (Wildman–Crippen MR) is 128 cm³/mol. The summed E-state index contributed by atoms with van der Waals surface area (Å²) in [6.07, 6.45) is 3.48. The topological polar surface area (TPSA) is 70.1 Å². The second-order valence-electron chi connectivity index (χ2n) is 8.77. The summed E-state index contributed by atoms with van der Waals surface area (Å²) in [6.45, 7) is 6.68. The van der Waals surface area contributed by atoms with Crippen LogP contribution in [0.3, 0.4) is 0 Å². The number of aliphatic hydroxyl groups excluding tert-OH is 1. The molecule has 0 bridgehead atoms.